The maximum Gasteiger partial charge on any atom is 0.330 e. The van der Waals surface area contributed by atoms with Gasteiger partial charge in [-0.2, -0.15) is 0 Å². The van der Waals surface area contributed by atoms with Crippen LogP contribution in [0.25, 0.3) is 10.4 Å². The third-order valence-electron chi connectivity index (χ3n) is 4.96. The second kappa shape index (κ2) is 10.2. The van der Waals surface area contributed by atoms with Gasteiger partial charge in [0.1, 0.15) is 5.82 Å². The number of aromatic amines is 1. The van der Waals surface area contributed by atoms with Crippen LogP contribution in [0.1, 0.15) is 43.3 Å². The molecule has 7 nitrogen and oxygen atoms in total. The fraction of sp³-hybridized carbons (Fsp3) is 0.348. The number of anilines is 2. The third kappa shape index (κ3) is 5.14. The highest BCUT2D eigenvalue weighted by Gasteiger charge is 2.27. The zero-order chi connectivity index (χ0) is 23.4. The van der Waals surface area contributed by atoms with Crippen LogP contribution in [0.5, 0.6) is 0 Å². The summed E-state index contributed by atoms with van der Waals surface area (Å²) < 4.78 is 1.33. The van der Waals surface area contributed by atoms with Crippen molar-refractivity contribution in [1.29, 1.82) is 0 Å². The van der Waals surface area contributed by atoms with Gasteiger partial charge in [0, 0.05) is 23.0 Å². The number of carbonyl (C=O) groups excluding carboxylic acids is 1. The summed E-state index contributed by atoms with van der Waals surface area (Å²) >= 11 is 7.30. The maximum absolute atomic E-state index is 13.5. The smallest absolute Gasteiger partial charge is 0.330 e. The van der Waals surface area contributed by atoms with E-state index in [9.17, 15) is 14.4 Å². The van der Waals surface area contributed by atoms with Crippen LogP contribution in [0.3, 0.4) is 0 Å². The minimum Gasteiger partial charge on any atom is -0.383 e. The number of rotatable bonds is 8. The molecule has 3 aromatic rings. The standard InChI is InChI=1S/C23H27ClN4O3S/c1-4-5-12-27-20(25)19(21(29)26-23(27)31)28(13-14(2)3)22(30)18-11-10-17(32-18)15-6-8-16(24)9-7-15/h6-11,14H,4-5,12-13,25H2,1-3H3,(H,26,29,31). The minimum absolute atomic E-state index is 0.00989. The van der Waals surface area contributed by atoms with E-state index in [1.807, 2.05) is 39.0 Å². The highest BCUT2D eigenvalue weighted by Crippen LogP contribution is 2.31. The molecule has 170 valence electrons. The fourth-order valence-corrected chi connectivity index (χ4v) is 4.46. The van der Waals surface area contributed by atoms with Crippen LogP contribution in [0, 0.1) is 5.92 Å². The first-order valence-corrected chi connectivity index (χ1v) is 11.7. The van der Waals surface area contributed by atoms with Crippen molar-refractivity contribution in [2.45, 2.75) is 40.2 Å². The van der Waals surface area contributed by atoms with Gasteiger partial charge in [0.2, 0.25) is 0 Å². The topological polar surface area (TPSA) is 101 Å². The van der Waals surface area contributed by atoms with E-state index in [0.717, 1.165) is 23.3 Å². The minimum atomic E-state index is -0.663. The first kappa shape index (κ1) is 23.8. The van der Waals surface area contributed by atoms with Gasteiger partial charge in [-0.1, -0.05) is 50.9 Å². The highest BCUT2D eigenvalue weighted by atomic mass is 35.5. The second-order valence-electron chi connectivity index (χ2n) is 7.98. The molecule has 0 aliphatic carbocycles. The molecule has 3 N–H and O–H groups in total. The fourth-order valence-electron chi connectivity index (χ4n) is 3.37. The molecule has 0 aliphatic rings. The molecule has 0 aliphatic heterocycles. The third-order valence-corrected chi connectivity index (χ3v) is 6.33. The molecule has 0 radical (unpaired) electrons. The van der Waals surface area contributed by atoms with Crippen molar-refractivity contribution in [1.82, 2.24) is 9.55 Å². The van der Waals surface area contributed by atoms with E-state index < -0.39 is 11.2 Å². The van der Waals surface area contributed by atoms with Crippen molar-refractivity contribution in [2.75, 3.05) is 17.2 Å². The lowest BCUT2D eigenvalue weighted by Gasteiger charge is -2.25. The van der Waals surface area contributed by atoms with E-state index in [2.05, 4.69) is 4.98 Å². The van der Waals surface area contributed by atoms with Gasteiger partial charge in [-0.05, 0) is 42.2 Å². The van der Waals surface area contributed by atoms with Gasteiger partial charge in [-0.25, -0.2) is 4.79 Å². The Labute approximate surface area is 195 Å². The predicted octanol–water partition coefficient (Wildman–Crippen LogP) is 4.60. The van der Waals surface area contributed by atoms with E-state index >= 15 is 0 Å². The van der Waals surface area contributed by atoms with Crippen molar-refractivity contribution in [2.24, 2.45) is 5.92 Å². The molecule has 2 heterocycles. The van der Waals surface area contributed by atoms with E-state index in [1.54, 1.807) is 18.2 Å². The lowest BCUT2D eigenvalue weighted by molar-refractivity contribution is 0.0987. The Balaban J connectivity index is 2.04. The quantitative estimate of drug-likeness (QED) is 0.498. The van der Waals surface area contributed by atoms with Crippen molar-refractivity contribution in [3.05, 3.63) is 67.1 Å². The molecule has 32 heavy (non-hydrogen) atoms. The SMILES string of the molecule is CCCCn1c(N)c(N(CC(C)C)C(=O)c2ccc(-c3ccc(Cl)cc3)s2)c(=O)[nH]c1=O. The van der Waals surface area contributed by atoms with Crippen LogP contribution in [-0.2, 0) is 6.54 Å². The number of halogens is 1. The molecule has 0 atom stereocenters. The number of H-pyrrole nitrogens is 1. The Bertz CT molecular complexity index is 1210. The number of carbonyl (C=O) groups is 1. The summed E-state index contributed by atoms with van der Waals surface area (Å²) in [5.41, 5.74) is 6.00. The molecule has 1 aromatic carbocycles. The number of hydrogen-bond donors (Lipinski definition) is 2. The van der Waals surface area contributed by atoms with Crippen LogP contribution in [0.15, 0.2) is 46.0 Å². The summed E-state index contributed by atoms with van der Waals surface area (Å²) in [6.07, 6.45) is 1.58. The Morgan fingerprint density at radius 3 is 2.50 bits per heavy atom. The summed E-state index contributed by atoms with van der Waals surface area (Å²) in [6.45, 7) is 6.55. The Morgan fingerprint density at radius 1 is 1.19 bits per heavy atom. The maximum atomic E-state index is 13.5. The molecule has 0 saturated heterocycles. The number of hydrogen-bond acceptors (Lipinski definition) is 5. The summed E-state index contributed by atoms with van der Waals surface area (Å²) in [5.74, 6) is -0.248. The van der Waals surface area contributed by atoms with Gasteiger partial charge in [0.25, 0.3) is 11.5 Å². The van der Waals surface area contributed by atoms with Crippen LogP contribution in [-0.4, -0.2) is 22.0 Å². The van der Waals surface area contributed by atoms with Gasteiger partial charge >= 0.3 is 5.69 Å². The van der Waals surface area contributed by atoms with Crippen molar-refractivity contribution >= 4 is 40.4 Å². The van der Waals surface area contributed by atoms with Gasteiger partial charge in [0.05, 0.1) is 4.88 Å². The normalized spacial score (nSPS) is 11.2. The molecular formula is C23H27ClN4O3S. The number of thiophene rings is 1. The number of nitrogens with zero attached hydrogens (tertiary/aromatic N) is 2. The molecule has 0 spiro atoms. The van der Waals surface area contributed by atoms with Crippen molar-refractivity contribution < 1.29 is 4.79 Å². The first-order chi connectivity index (χ1) is 15.2. The lowest BCUT2D eigenvalue weighted by atomic mass is 10.2. The number of aromatic nitrogens is 2. The Morgan fingerprint density at radius 2 is 1.88 bits per heavy atom. The number of nitrogens with two attached hydrogens (primary N) is 1. The first-order valence-electron chi connectivity index (χ1n) is 10.5. The zero-order valence-corrected chi connectivity index (χ0v) is 19.9. The zero-order valence-electron chi connectivity index (χ0n) is 18.4. The van der Waals surface area contributed by atoms with E-state index in [-0.39, 0.29) is 29.9 Å². The van der Waals surface area contributed by atoms with Gasteiger partial charge in [-0.3, -0.25) is 24.0 Å². The average Bonchev–Trinajstić information content (AvgIpc) is 3.22. The van der Waals surface area contributed by atoms with Crippen LogP contribution < -0.4 is 21.9 Å². The summed E-state index contributed by atoms with van der Waals surface area (Å²) in [4.78, 5) is 43.7. The Hall–Kier alpha value is -2.84. The van der Waals surface area contributed by atoms with E-state index in [0.29, 0.717) is 16.4 Å². The number of benzene rings is 1. The van der Waals surface area contributed by atoms with Crippen molar-refractivity contribution in [3.63, 3.8) is 0 Å². The summed E-state index contributed by atoms with van der Waals surface area (Å²) in [7, 11) is 0. The Kier molecular flexibility index (Phi) is 7.58. The summed E-state index contributed by atoms with van der Waals surface area (Å²) in [6, 6.07) is 11.0. The number of unbranched alkanes of at least 4 members (excludes halogenated alkanes) is 1. The largest absolute Gasteiger partial charge is 0.383 e. The highest BCUT2D eigenvalue weighted by molar-refractivity contribution is 7.17. The van der Waals surface area contributed by atoms with Crippen molar-refractivity contribution in [3.8, 4) is 10.4 Å². The molecule has 1 amide bonds. The molecule has 0 bridgehead atoms. The van der Waals surface area contributed by atoms with Crippen LogP contribution in [0.2, 0.25) is 5.02 Å². The monoisotopic (exact) mass is 474 g/mol. The lowest BCUT2D eigenvalue weighted by Crippen LogP contribution is -2.42. The molecule has 0 saturated carbocycles. The van der Waals surface area contributed by atoms with Crippen LogP contribution in [0.4, 0.5) is 11.5 Å². The molecule has 0 fully saturated rings. The molecule has 2 aromatic heterocycles. The second-order valence-corrected chi connectivity index (χ2v) is 9.50. The molecule has 9 heteroatoms. The average molecular weight is 475 g/mol. The van der Waals surface area contributed by atoms with E-state index in [1.165, 1.54) is 20.8 Å². The van der Waals surface area contributed by atoms with Crippen LogP contribution >= 0.6 is 22.9 Å². The number of amides is 1. The van der Waals surface area contributed by atoms with Gasteiger partial charge in [0.15, 0.2) is 5.69 Å². The molecule has 3 rings (SSSR count). The number of nitrogens with one attached hydrogen (secondary N) is 1. The molecule has 0 unspecified atom stereocenters. The van der Waals surface area contributed by atoms with Gasteiger partial charge in [-0.15, -0.1) is 11.3 Å². The number of nitrogen functional groups attached to an aromatic ring is 1. The predicted molar refractivity (Wildman–Crippen MR) is 132 cm³/mol. The summed E-state index contributed by atoms with van der Waals surface area (Å²) in [5, 5.41) is 0.637. The van der Waals surface area contributed by atoms with E-state index in [4.69, 9.17) is 17.3 Å². The van der Waals surface area contributed by atoms with Gasteiger partial charge < -0.3 is 5.73 Å². The molecular weight excluding hydrogens is 448 g/mol.